The normalized spacial score (nSPS) is 28.3. The number of aliphatic hydroxyl groups is 1. The summed E-state index contributed by atoms with van der Waals surface area (Å²) in [6, 6.07) is 13.2. The maximum Gasteiger partial charge on any atom is 0.250 e. The van der Waals surface area contributed by atoms with Crippen LogP contribution in [0.4, 0.5) is 5.69 Å². The number of carbonyl (C=O) groups excluding carboxylic acids is 3. The Kier molecular flexibility index (Phi) is 7.49. The van der Waals surface area contributed by atoms with Crippen molar-refractivity contribution in [3.8, 4) is 0 Å². The van der Waals surface area contributed by atoms with Crippen LogP contribution in [0, 0.1) is 18.8 Å². The van der Waals surface area contributed by atoms with Crippen LogP contribution in [0.1, 0.15) is 37.3 Å². The molecule has 2 bridgehead atoms. The second-order valence-corrected chi connectivity index (χ2v) is 10.9. The van der Waals surface area contributed by atoms with E-state index in [4.69, 9.17) is 16.3 Å². The van der Waals surface area contributed by atoms with Gasteiger partial charge in [-0.1, -0.05) is 61.0 Å². The molecule has 0 saturated carbocycles. The number of rotatable bonds is 9. The molecular weight excluding hydrogens is 506 g/mol. The molecule has 3 aliphatic rings. The number of amides is 3. The van der Waals surface area contributed by atoms with Gasteiger partial charge in [0.1, 0.15) is 11.6 Å². The van der Waals surface area contributed by atoms with Gasteiger partial charge in [-0.15, -0.1) is 0 Å². The summed E-state index contributed by atoms with van der Waals surface area (Å²) in [6.45, 7) is 3.98. The van der Waals surface area contributed by atoms with Gasteiger partial charge in [-0.2, -0.15) is 0 Å². The topological polar surface area (TPSA) is 108 Å². The number of hydrogen-bond donors (Lipinski definition) is 3. The molecule has 3 N–H and O–H groups in total. The van der Waals surface area contributed by atoms with Gasteiger partial charge in [0.15, 0.2) is 0 Å². The summed E-state index contributed by atoms with van der Waals surface area (Å²) in [5, 5.41) is 16.8. The molecule has 6 atom stereocenters. The molecule has 3 aliphatic heterocycles. The number of nitrogens with one attached hydrogen (secondary N) is 2. The van der Waals surface area contributed by atoms with Crippen molar-refractivity contribution in [1.29, 1.82) is 0 Å². The molecule has 3 fully saturated rings. The summed E-state index contributed by atoms with van der Waals surface area (Å²) in [5.74, 6) is -2.45. The number of aliphatic hydroxyl groups excluding tert-OH is 1. The summed E-state index contributed by atoms with van der Waals surface area (Å²) in [4.78, 5) is 43.0. The SMILES string of the molecule is CCCNC(=O)[C@@H]1[C@H]2C(=O)N([C@@H](CO)Cc3ccccc3)C(C(=O)Nc3c(C)cccc3Cl)C23CC[C@H]1O3. The minimum absolute atomic E-state index is 0.219. The summed E-state index contributed by atoms with van der Waals surface area (Å²) in [6.07, 6.45) is 1.76. The van der Waals surface area contributed by atoms with Crippen molar-refractivity contribution in [1.82, 2.24) is 10.2 Å². The Balaban J connectivity index is 1.55. The summed E-state index contributed by atoms with van der Waals surface area (Å²) >= 11 is 6.42. The Bertz CT molecular complexity index is 1200. The minimum Gasteiger partial charge on any atom is -0.394 e. The molecule has 0 aliphatic carbocycles. The molecule has 2 aromatic rings. The van der Waals surface area contributed by atoms with Gasteiger partial charge >= 0.3 is 0 Å². The number of nitrogens with zero attached hydrogens (tertiary/aromatic N) is 1. The molecule has 3 heterocycles. The van der Waals surface area contributed by atoms with Crippen LogP contribution >= 0.6 is 11.6 Å². The Morgan fingerprint density at radius 3 is 2.63 bits per heavy atom. The highest BCUT2D eigenvalue weighted by Gasteiger charge is 2.75. The van der Waals surface area contributed by atoms with Gasteiger partial charge in [0, 0.05) is 6.54 Å². The molecule has 2 unspecified atom stereocenters. The van der Waals surface area contributed by atoms with Crippen LogP contribution in [0.3, 0.4) is 0 Å². The summed E-state index contributed by atoms with van der Waals surface area (Å²) in [5.41, 5.74) is 1.03. The zero-order valence-corrected chi connectivity index (χ0v) is 22.4. The number of aryl methyl sites for hydroxylation is 1. The molecule has 2 aromatic carbocycles. The first kappa shape index (κ1) is 26.7. The monoisotopic (exact) mass is 539 g/mol. The van der Waals surface area contributed by atoms with Gasteiger partial charge in [0.25, 0.3) is 0 Å². The van der Waals surface area contributed by atoms with Crippen LogP contribution in [-0.2, 0) is 25.5 Å². The largest absolute Gasteiger partial charge is 0.394 e. The fourth-order valence-electron chi connectivity index (χ4n) is 6.57. The number of fused-ring (bicyclic) bond motifs is 1. The third-order valence-corrected chi connectivity index (χ3v) is 8.54. The number of para-hydroxylation sites is 1. The van der Waals surface area contributed by atoms with E-state index in [0.717, 1.165) is 17.5 Å². The van der Waals surface area contributed by atoms with E-state index < -0.39 is 41.5 Å². The lowest BCUT2D eigenvalue weighted by atomic mass is 9.70. The number of ether oxygens (including phenoxy) is 1. The fourth-order valence-corrected chi connectivity index (χ4v) is 6.84. The molecule has 0 aromatic heterocycles. The zero-order chi connectivity index (χ0) is 27.0. The van der Waals surface area contributed by atoms with E-state index in [9.17, 15) is 19.5 Å². The van der Waals surface area contributed by atoms with Gasteiger partial charge in [0.2, 0.25) is 17.7 Å². The highest BCUT2D eigenvalue weighted by Crippen LogP contribution is 2.59. The Morgan fingerprint density at radius 1 is 1.18 bits per heavy atom. The molecule has 1 spiro atoms. The van der Waals surface area contributed by atoms with Crippen LogP contribution < -0.4 is 10.6 Å². The van der Waals surface area contributed by atoms with E-state index in [2.05, 4.69) is 10.6 Å². The van der Waals surface area contributed by atoms with E-state index in [0.29, 0.717) is 36.5 Å². The molecule has 3 saturated heterocycles. The van der Waals surface area contributed by atoms with E-state index in [1.165, 1.54) is 4.90 Å². The molecular formula is C29H34ClN3O5. The number of halogens is 1. The van der Waals surface area contributed by atoms with Gasteiger partial charge in [-0.05, 0) is 49.8 Å². The van der Waals surface area contributed by atoms with Crippen molar-refractivity contribution >= 4 is 35.0 Å². The van der Waals surface area contributed by atoms with Crippen molar-refractivity contribution in [3.05, 3.63) is 64.7 Å². The van der Waals surface area contributed by atoms with Gasteiger partial charge in [-0.3, -0.25) is 14.4 Å². The van der Waals surface area contributed by atoms with Crippen molar-refractivity contribution < 1.29 is 24.2 Å². The van der Waals surface area contributed by atoms with Crippen molar-refractivity contribution in [3.63, 3.8) is 0 Å². The minimum atomic E-state index is -1.15. The molecule has 3 amide bonds. The quantitative estimate of drug-likeness (QED) is 0.454. The standard InChI is InChI=1S/C29H34ClN3O5/c1-3-14-31-26(35)22-21-12-13-29(38-21)23(22)28(37)33(19(16-34)15-18-9-5-4-6-10-18)25(29)27(36)32-24-17(2)8-7-11-20(24)30/h4-11,19,21-23,25,34H,3,12-16H2,1-2H3,(H,31,35)(H,32,36)/t19-,21-,22+,23+,25?,29?/m1/s1. The second kappa shape index (κ2) is 10.7. The highest BCUT2D eigenvalue weighted by molar-refractivity contribution is 6.34. The lowest BCUT2D eigenvalue weighted by molar-refractivity contribution is -0.144. The molecule has 5 rings (SSSR count). The molecule has 8 nitrogen and oxygen atoms in total. The van der Waals surface area contributed by atoms with E-state index in [-0.39, 0.29) is 18.4 Å². The molecule has 0 radical (unpaired) electrons. The second-order valence-electron chi connectivity index (χ2n) is 10.5. The third-order valence-electron chi connectivity index (χ3n) is 8.23. The molecule has 38 heavy (non-hydrogen) atoms. The Labute approximate surface area is 227 Å². The highest BCUT2D eigenvalue weighted by atomic mass is 35.5. The number of anilines is 1. The maximum absolute atomic E-state index is 14.2. The van der Waals surface area contributed by atoms with Crippen LogP contribution in [0.5, 0.6) is 0 Å². The van der Waals surface area contributed by atoms with Gasteiger partial charge in [-0.25, -0.2) is 0 Å². The van der Waals surface area contributed by atoms with Crippen molar-refractivity contribution in [2.75, 3.05) is 18.5 Å². The average molecular weight is 540 g/mol. The molecule has 202 valence electrons. The fraction of sp³-hybridized carbons (Fsp3) is 0.483. The first-order chi connectivity index (χ1) is 18.3. The lowest BCUT2D eigenvalue weighted by Crippen LogP contribution is -2.56. The van der Waals surface area contributed by atoms with Crippen molar-refractivity contribution in [2.24, 2.45) is 11.8 Å². The number of hydrogen-bond acceptors (Lipinski definition) is 5. The first-order valence-electron chi connectivity index (χ1n) is 13.3. The van der Waals surface area contributed by atoms with Gasteiger partial charge < -0.3 is 25.4 Å². The van der Waals surface area contributed by atoms with E-state index in [1.807, 2.05) is 50.2 Å². The van der Waals surface area contributed by atoms with Crippen LogP contribution in [0.2, 0.25) is 5.02 Å². The van der Waals surface area contributed by atoms with Crippen LogP contribution in [0.15, 0.2) is 48.5 Å². The van der Waals surface area contributed by atoms with Crippen LogP contribution in [0.25, 0.3) is 0 Å². The van der Waals surface area contributed by atoms with E-state index >= 15 is 0 Å². The predicted molar refractivity (Wildman–Crippen MR) is 144 cm³/mol. The third kappa shape index (κ3) is 4.38. The zero-order valence-electron chi connectivity index (χ0n) is 21.7. The van der Waals surface area contributed by atoms with Crippen LogP contribution in [-0.4, -0.2) is 64.7 Å². The Hall–Kier alpha value is -2.94. The number of carbonyl (C=O) groups is 3. The van der Waals surface area contributed by atoms with Crippen molar-refractivity contribution in [2.45, 2.75) is 63.3 Å². The molecule has 9 heteroatoms. The smallest absolute Gasteiger partial charge is 0.250 e. The Morgan fingerprint density at radius 2 is 1.95 bits per heavy atom. The van der Waals surface area contributed by atoms with E-state index in [1.54, 1.807) is 12.1 Å². The summed E-state index contributed by atoms with van der Waals surface area (Å²) in [7, 11) is 0. The maximum atomic E-state index is 14.2. The first-order valence-corrected chi connectivity index (χ1v) is 13.7. The number of likely N-dealkylation sites (tertiary alicyclic amines) is 1. The predicted octanol–water partition coefficient (Wildman–Crippen LogP) is 3.09. The number of benzene rings is 2. The average Bonchev–Trinajstić information content (AvgIpc) is 3.56. The van der Waals surface area contributed by atoms with Gasteiger partial charge in [0.05, 0.1) is 41.3 Å². The summed E-state index contributed by atoms with van der Waals surface area (Å²) < 4.78 is 6.48. The lowest BCUT2D eigenvalue weighted by Gasteiger charge is -2.37.